The minimum Gasteiger partial charge on any atom is -0.381 e. The van der Waals surface area contributed by atoms with Crippen molar-refractivity contribution in [1.82, 2.24) is 4.31 Å². The number of nitrogens with zero attached hydrogens (tertiary/aromatic N) is 2. The first-order valence-electron chi connectivity index (χ1n) is 8.00. The van der Waals surface area contributed by atoms with Gasteiger partial charge < -0.3 is 10.1 Å². The van der Waals surface area contributed by atoms with Crippen LogP contribution in [0.1, 0.15) is 11.1 Å². The van der Waals surface area contributed by atoms with Crippen LogP contribution in [0.4, 0.5) is 5.69 Å². The van der Waals surface area contributed by atoms with Crippen molar-refractivity contribution in [2.75, 3.05) is 31.6 Å². The SMILES string of the molecule is N#Cc1ccc(CNc2cccc(S(=O)(=O)N3CCOCC3)c2)cc1. The smallest absolute Gasteiger partial charge is 0.243 e. The Morgan fingerprint density at radius 2 is 1.84 bits per heavy atom. The van der Waals surface area contributed by atoms with Crippen LogP contribution in [0.3, 0.4) is 0 Å². The molecule has 1 fully saturated rings. The summed E-state index contributed by atoms with van der Waals surface area (Å²) in [5.74, 6) is 0. The van der Waals surface area contributed by atoms with Crippen molar-refractivity contribution in [3.63, 3.8) is 0 Å². The third-order valence-electron chi connectivity index (χ3n) is 4.02. The Bertz CT molecular complexity index is 867. The van der Waals surface area contributed by atoms with E-state index in [1.807, 2.05) is 18.2 Å². The Labute approximate surface area is 147 Å². The predicted molar refractivity (Wildman–Crippen MR) is 94.5 cm³/mol. The molecular formula is C18H19N3O3S. The third-order valence-corrected chi connectivity index (χ3v) is 5.92. The van der Waals surface area contributed by atoms with Gasteiger partial charge in [0.25, 0.3) is 0 Å². The molecule has 0 atom stereocenters. The van der Waals surface area contributed by atoms with Gasteiger partial charge in [-0.1, -0.05) is 18.2 Å². The summed E-state index contributed by atoms with van der Waals surface area (Å²) in [4.78, 5) is 0.277. The van der Waals surface area contributed by atoms with E-state index in [2.05, 4.69) is 11.4 Å². The number of sulfonamides is 1. The molecule has 25 heavy (non-hydrogen) atoms. The Balaban J connectivity index is 1.71. The Hall–Kier alpha value is -2.40. The van der Waals surface area contributed by atoms with E-state index in [1.54, 1.807) is 30.3 Å². The average Bonchev–Trinajstić information content (AvgIpc) is 2.67. The zero-order valence-electron chi connectivity index (χ0n) is 13.7. The molecule has 1 heterocycles. The lowest BCUT2D eigenvalue weighted by Gasteiger charge is -2.26. The lowest BCUT2D eigenvalue weighted by atomic mass is 10.1. The van der Waals surface area contributed by atoms with Crippen molar-refractivity contribution < 1.29 is 13.2 Å². The van der Waals surface area contributed by atoms with Gasteiger partial charge >= 0.3 is 0 Å². The molecule has 0 bridgehead atoms. The van der Waals surface area contributed by atoms with Gasteiger partial charge in [-0.25, -0.2) is 8.42 Å². The highest BCUT2D eigenvalue weighted by Gasteiger charge is 2.26. The molecule has 1 aliphatic heterocycles. The monoisotopic (exact) mass is 357 g/mol. The van der Waals surface area contributed by atoms with Crippen molar-refractivity contribution >= 4 is 15.7 Å². The van der Waals surface area contributed by atoms with E-state index in [9.17, 15) is 8.42 Å². The summed E-state index contributed by atoms with van der Waals surface area (Å²) in [5.41, 5.74) is 2.36. The molecule has 0 unspecified atom stereocenters. The zero-order valence-corrected chi connectivity index (χ0v) is 14.5. The lowest BCUT2D eigenvalue weighted by molar-refractivity contribution is 0.0730. The van der Waals surface area contributed by atoms with Crippen molar-refractivity contribution in [2.24, 2.45) is 0 Å². The van der Waals surface area contributed by atoms with Crippen LogP contribution in [-0.2, 0) is 21.3 Å². The predicted octanol–water partition coefficient (Wildman–Crippen LogP) is 2.19. The molecule has 0 radical (unpaired) electrons. The molecule has 2 aromatic carbocycles. The highest BCUT2D eigenvalue weighted by atomic mass is 32.2. The largest absolute Gasteiger partial charge is 0.381 e. The zero-order chi connectivity index (χ0) is 17.7. The van der Waals surface area contributed by atoms with E-state index < -0.39 is 10.0 Å². The number of morpholine rings is 1. The van der Waals surface area contributed by atoms with E-state index in [-0.39, 0.29) is 4.90 Å². The summed E-state index contributed by atoms with van der Waals surface area (Å²) in [6, 6.07) is 16.2. The summed E-state index contributed by atoms with van der Waals surface area (Å²) in [6.45, 7) is 2.16. The van der Waals surface area contributed by atoms with Gasteiger partial charge in [-0.15, -0.1) is 0 Å². The average molecular weight is 357 g/mol. The van der Waals surface area contributed by atoms with Crippen LogP contribution in [0.5, 0.6) is 0 Å². The Kier molecular flexibility index (Phi) is 5.34. The van der Waals surface area contributed by atoms with Gasteiger partial charge in [-0.05, 0) is 35.9 Å². The first kappa shape index (κ1) is 17.4. The highest BCUT2D eigenvalue weighted by Crippen LogP contribution is 2.21. The van der Waals surface area contributed by atoms with Gasteiger partial charge in [0.2, 0.25) is 10.0 Å². The maximum atomic E-state index is 12.7. The van der Waals surface area contributed by atoms with E-state index >= 15 is 0 Å². The molecule has 0 saturated carbocycles. The fraction of sp³-hybridized carbons (Fsp3) is 0.278. The quantitative estimate of drug-likeness (QED) is 0.887. The summed E-state index contributed by atoms with van der Waals surface area (Å²) in [7, 11) is -3.50. The Morgan fingerprint density at radius 3 is 2.52 bits per heavy atom. The van der Waals surface area contributed by atoms with Gasteiger partial charge in [-0.3, -0.25) is 0 Å². The van der Waals surface area contributed by atoms with Crippen molar-refractivity contribution in [2.45, 2.75) is 11.4 Å². The summed E-state index contributed by atoms with van der Waals surface area (Å²) in [5, 5.41) is 12.0. The van der Waals surface area contributed by atoms with Gasteiger partial charge in [0.05, 0.1) is 29.7 Å². The molecule has 1 saturated heterocycles. The van der Waals surface area contributed by atoms with Crippen molar-refractivity contribution in [3.8, 4) is 6.07 Å². The standard InChI is InChI=1S/C18H19N3O3S/c19-13-15-4-6-16(7-5-15)14-20-17-2-1-3-18(12-17)25(22,23)21-8-10-24-11-9-21/h1-7,12,20H,8-11,14H2. The minimum absolute atomic E-state index is 0.277. The molecule has 0 spiro atoms. The number of ether oxygens (including phenoxy) is 1. The van der Waals surface area contributed by atoms with Crippen molar-refractivity contribution in [1.29, 1.82) is 5.26 Å². The third kappa shape index (κ3) is 4.17. The summed E-state index contributed by atoms with van der Waals surface area (Å²) >= 11 is 0. The van der Waals surface area contributed by atoms with Gasteiger partial charge in [0.15, 0.2) is 0 Å². The fourth-order valence-electron chi connectivity index (χ4n) is 2.60. The maximum Gasteiger partial charge on any atom is 0.243 e. The van der Waals surface area contributed by atoms with E-state index in [0.717, 1.165) is 11.3 Å². The first-order valence-corrected chi connectivity index (χ1v) is 9.44. The summed E-state index contributed by atoms with van der Waals surface area (Å²) < 4.78 is 32.1. The highest BCUT2D eigenvalue weighted by molar-refractivity contribution is 7.89. The fourth-order valence-corrected chi connectivity index (χ4v) is 4.06. The number of nitriles is 1. The van der Waals surface area contributed by atoms with E-state index in [4.69, 9.17) is 10.00 Å². The van der Waals surface area contributed by atoms with Crippen LogP contribution < -0.4 is 5.32 Å². The lowest BCUT2D eigenvalue weighted by Crippen LogP contribution is -2.40. The number of anilines is 1. The second-order valence-electron chi connectivity index (χ2n) is 5.71. The van der Waals surface area contributed by atoms with Gasteiger partial charge in [-0.2, -0.15) is 9.57 Å². The van der Waals surface area contributed by atoms with Crippen LogP contribution in [-0.4, -0.2) is 39.0 Å². The number of hydrogen-bond donors (Lipinski definition) is 1. The second kappa shape index (κ2) is 7.66. The second-order valence-corrected chi connectivity index (χ2v) is 7.64. The molecule has 1 N–H and O–H groups in total. The topological polar surface area (TPSA) is 82.4 Å². The minimum atomic E-state index is -3.50. The molecule has 1 aliphatic rings. The van der Waals surface area contributed by atoms with Gasteiger partial charge in [0, 0.05) is 25.3 Å². The molecule has 0 aliphatic carbocycles. The molecule has 130 valence electrons. The molecule has 6 nitrogen and oxygen atoms in total. The molecule has 2 aromatic rings. The number of hydrogen-bond acceptors (Lipinski definition) is 5. The molecule has 3 rings (SSSR count). The molecule has 7 heteroatoms. The maximum absolute atomic E-state index is 12.7. The molecular weight excluding hydrogens is 338 g/mol. The van der Waals surface area contributed by atoms with Crippen LogP contribution in [0.15, 0.2) is 53.4 Å². The normalized spacial score (nSPS) is 15.5. The number of rotatable bonds is 5. The van der Waals surface area contributed by atoms with Crippen LogP contribution >= 0.6 is 0 Å². The van der Waals surface area contributed by atoms with Crippen molar-refractivity contribution in [3.05, 3.63) is 59.7 Å². The molecule has 0 amide bonds. The summed E-state index contributed by atoms with van der Waals surface area (Å²) in [6.07, 6.45) is 0. The van der Waals surface area contributed by atoms with E-state index in [1.165, 1.54) is 4.31 Å². The first-order chi connectivity index (χ1) is 12.1. The number of nitrogens with one attached hydrogen (secondary N) is 1. The van der Waals surface area contributed by atoms with Gasteiger partial charge in [0.1, 0.15) is 0 Å². The Morgan fingerprint density at radius 1 is 1.12 bits per heavy atom. The van der Waals surface area contributed by atoms with Crippen LogP contribution in [0, 0.1) is 11.3 Å². The van der Waals surface area contributed by atoms with Crippen LogP contribution in [0.25, 0.3) is 0 Å². The van der Waals surface area contributed by atoms with E-state index in [0.29, 0.717) is 38.4 Å². The molecule has 0 aromatic heterocycles. The van der Waals surface area contributed by atoms with Crippen LogP contribution in [0.2, 0.25) is 0 Å². The number of benzene rings is 2.